The molecule has 3 aromatic rings. The highest BCUT2D eigenvalue weighted by molar-refractivity contribution is 7.99. The van der Waals surface area contributed by atoms with Gasteiger partial charge in [-0.3, -0.25) is 14.9 Å². The first-order chi connectivity index (χ1) is 13.5. The molecule has 2 heterocycles. The van der Waals surface area contributed by atoms with E-state index in [1.54, 1.807) is 47.1 Å². The highest BCUT2D eigenvalue weighted by atomic mass is 32.2. The van der Waals surface area contributed by atoms with Crippen molar-refractivity contribution in [2.24, 2.45) is 7.05 Å². The van der Waals surface area contributed by atoms with Gasteiger partial charge < -0.3 is 9.47 Å². The molecule has 8 heteroatoms. The molecule has 0 atom stereocenters. The molecule has 0 spiro atoms. The summed E-state index contributed by atoms with van der Waals surface area (Å²) < 4.78 is 1.80. The van der Waals surface area contributed by atoms with Crippen molar-refractivity contribution < 1.29 is 9.72 Å². The molecule has 0 unspecified atom stereocenters. The SMILES string of the molecule is CN1C(=O)/C(=C\c2ccc(Sc3nccn3C)c([N+](=O)[O-])c2)c2ccccc21. The summed E-state index contributed by atoms with van der Waals surface area (Å²) in [7, 11) is 3.55. The van der Waals surface area contributed by atoms with Crippen molar-refractivity contribution in [3.05, 3.63) is 76.1 Å². The quantitative estimate of drug-likeness (QED) is 0.381. The van der Waals surface area contributed by atoms with Crippen LogP contribution in [0, 0.1) is 10.1 Å². The first-order valence-electron chi connectivity index (χ1n) is 8.48. The third-order valence-corrected chi connectivity index (χ3v) is 5.70. The molecule has 1 aromatic heterocycles. The Bertz CT molecular complexity index is 1140. The predicted octanol–water partition coefficient (Wildman–Crippen LogP) is 4.00. The molecule has 4 rings (SSSR count). The van der Waals surface area contributed by atoms with Gasteiger partial charge in [-0.15, -0.1) is 0 Å². The number of aromatic nitrogens is 2. The molecule has 0 bridgehead atoms. The lowest BCUT2D eigenvalue weighted by atomic mass is 10.0. The van der Waals surface area contributed by atoms with Crippen LogP contribution in [0.15, 0.2) is 64.9 Å². The van der Waals surface area contributed by atoms with E-state index in [0.717, 1.165) is 11.3 Å². The van der Waals surface area contributed by atoms with Crippen LogP contribution in [-0.4, -0.2) is 27.4 Å². The molecule has 140 valence electrons. The smallest absolute Gasteiger partial charge is 0.283 e. The predicted molar refractivity (Wildman–Crippen MR) is 108 cm³/mol. The van der Waals surface area contributed by atoms with Crippen molar-refractivity contribution >= 4 is 40.7 Å². The molecule has 7 nitrogen and oxygen atoms in total. The van der Waals surface area contributed by atoms with Gasteiger partial charge in [0.25, 0.3) is 11.6 Å². The summed E-state index contributed by atoms with van der Waals surface area (Å²) >= 11 is 1.23. The van der Waals surface area contributed by atoms with Gasteiger partial charge in [-0.05, 0) is 35.5 Å². The lowest BCUT2D eigenvalue weighted by Gasteiger charge is -2.08. The van der Waals surface area contributed by atoms with E-state index in [-0.39, 0.29) is 11.6 Å². The monoisotopic (exact) mass is 392 g/mol. The average molecular weight is 392 g/mol. The number of hydrogen-bond acceptors (Lipinski definition) is 5. The van der Waals surface area contributed by atoms with E-state index in [2.05, 4.69) is 4.98 Å². The first kappa shape index (κ1) is 18.0. The van der Waals surface area contributed by atoms with Crippen LogP contribution in [0.5, 0.6) is 0 Å². The average Bonchev–Trinajstić information content (AvgIpc) is 3.19. The number of amides is 1. The van der Waals surface area contributed by atoms with Crippen molar-refractivity contribution in [3.8, 4) is 0 Å². The van der Waals surface area contributed by atoms with E-state index >= 15 is 0 Å². The summed E-state index contributed by atoms with van der Waals surface area (Å²) in [5, 5.41) is 12.3. The second kappa shape index (κ2) is 6.97. The number of imidazole rings is 1. The maximum atomic E-state index is 12.6. The third kappa shape index (κ3) is 3.07. The largest absolute Gasteiger partial charge is 0.329 e. The fourth-order valence-corrected chi connectivity index (χ4v) is 4.00. The topological polar surface area (TPSA) is 81.3 Å². The van der Waals surface area contributed by atoms with Crippen LogP contribution < -0.4 is 4.90 Å². The van der Waals surface area contributed by atoms with Gasteiger partial charge in [0.1, 0.15) is 0 Å². The zero-order valence-corrected chi connectivity index (χ0v) is 16.0. The Hall–Kier alpha value is -3.39. The summed E-state index contributed by atoms with van der Waals surface area (Å²) in [4.78, 5) is 30.1. The highest BCUT2D eigenvalue weighted by Crippen LogP contribution is 2.38. The van der Waals surface area contributed by atoms with Gasteiger partial charge in [0.15, 0.2) is 5.16 Å². The molecule has 0 radical (unpaired) electrons. The van der Waals surface area contributed by atoms with Crippen molar-refractivity contribution in [2.45, 2.75) is 10.1 Å². The van der Waals surface area contributed by atoms with Gasteiger partial charge in [0, 0.05) is 43.7 Å². The first-order valence-corrected chi connectivity index (χ1v) is 9.30. The molecule has 0 saturated carbocycles. The lowest BCUT2D eigenvalue weighted by molar-refractivity contribution is -0.387. The number of aryl methyl sites for hydroxylation is 1. The number of nitrogens with zero attached hydrogens (tertiary/aromatic N) is 4. The van der Waals surface area contributed by atoms with Crippen LogP contribution in [0.2, 0.25) is 0 Å². The number of anilines is 1. The second-order valence-corrected chi connectivity index (χ2v) is 7.36. The maximum absolute atomic E-state index is 12.6. The van der Waals surface area contributed by atoms with Crippen LogP contribution >= 0.6 is 11.8 Å². The van der Waals surface area contributed by atoms with Crippen LogP contribution in [0.1, 0.15) is 11.1 Å². The van der Waals surface area contributed by atoms with E-state index in [4.69, 9.17) is 0 Å². The van der Waals surface area contributed by atoms with Crippen LogP contribution in [-0.2, 0) is 11.8 Å². The van der Waals surface area contributed by atoms with Gasteiger partial charge in [-0.25, -0.2) is 4.98 Å². The number of carbonyl (C=O) groups excluding carboxylic acids is 1. The molecule has 0 saturated heterocycles. The number of para-hydroxylation sites is 1. The molecule has 0 fully saturated rings. The highest BCUT2D eigenvalue weighted by Gasteiger charge is 2.29. The number of fused-ring (bicyclic) bond motifs is 1. The molecule has 0 N–H and O–H groups in total. The lowest BCUT2D eigenvalue weighted by Crippen LogP contribution is -2.20. The molecule has 2 aromatic carbocycles. The number of hydrogen-bond donors (Lipinski definition) is 0. The summed E-state index contributed by atoms with van der Waals surface area (Å²) in [6, 6.07) is 12.5. The number of benzene rings is 2. The van der Waals surface area contributed by atoms with E-state index < -0.39 is 4.92 Å². The summed E-state index contributed by atoms with van der Waals surface area (Å²) in [5.74, 6) is -0.129. The molecule has 1 aliphatic heterocycles. The number of nitro groups is 1. The Morgan fingerprint density at radius 2 is 1.96 bits per heavy atom. The standard InChI is InChI=1S/C20H16N4O3S/c1-22-10-9-21-20(22)28-18-8-7-13(12-17(18)24(26)27)11-15-14-5-3-4-6-16(14)23(2)19(15)25/h3-12H,1-2H3/b15-11-. The van der Waals surface area contributed by atoms with Crippen LogP contribution in [0.3, 0.4) is 0 Å². The Kier molecular flexibility index (Phi) is 4.48. The third-order valence-electron chi connectivity index (χ3n) is 4.56. The minimum Gasteiger partial charge on any atom is -0.329 e. The van der Waals surface area contributed by atoms with Crippen molar-refractivity contribution in [1.82, 2.24) is 9.55 Å². The molecular weight excluding hydrogens is 376 g/mol. The summed E-state index contributed by atoms with van der Waals surface area (Å²) in [5.41, 5.74) is 2.76. The number of likely N-dealkylation sites (N-methyl/N-ethyl adjacent to an activating group) is 1. The van der Waals surface area contributed by atoms with Gasteiger partial charge in [0.2, 0.25) is 0 Å². The van der Waals surface area contributed by atoms with Crippen LogP contribution in [0.25, 0.3) is 11.6 Å². The fourth-order valence-electron chi connectivity index (χ4n) is 3.11. The molecule has 1 amide bonds. The van der Waals surface area contributed by atoms with Gasteiger partial charge in [-0.1, -0.05) is 24.3 Å². The van der Waals surface area contributed by atoms with E-state index in [0.29, 0.717) is 21.2 Å². The molecule has 28 heavy (non-hydrogen) atoms. The zero-order valence-electron chi connectivity index (χ0n) is 15.2. The van der Waals surface area contributed by atoms with E-state index in [1.807, 2.05) is 31.3 Å². The van der Waals surface area contributed by atoms with E-state index in [1.165, 1.54) is 17.8 Å². The van der Waals surface area contributed by atoms with Crippen molar-refractivity contribution in [1.29, 1.82) is 0 Å². The van der Waals surface area contributed by atoms with Crippen molar-refractivity contribution in [2.75, 3.05) is 11.9 Å². The summed E-state index contributed by atoms with van der Waals surface area (Å²) in [6.07, 6.45) is 5.13. The number of nitro benzene ring substituents is 1. The van der Waals surface area contributed by atoms with Gasteiger partial charge in [0.05, 0.1) is 15.5 Å². The van der Waals surface area contributed by atoms with Crippen LogP contribution in [0.4, 0.5) is 11.4 Å². The van der Waals surface area contributed by atoms with Gasteiger partial charge >= 0.3 is 0 Å². The zero-order chi connectivity index (χ0) is 19.8. The second-order valence-electron chi connectivity index (χ2n) is 6.35. The normalized spacial score (nSPS) is 14.6. The Balaban J connectivity index is 1.75. The minimum absolute atomic E-state index is 0.0190. The summed E-state index contributed by atoms with van der Waals surface area (Å²) in [6.45, 7) is 0. The molecule has 0 aliphatic carbocycles. The van der Waals surface area contributed by atoms with Crippen molar-refractivity contribution in [3.63, 3.8) is 0 Å². The van der Waals surface area contributed by atoms with Gasteiger partial charge in [-0.2, -0.15) is 0 Å². The Morgan fingerprint density at radius 1 is 1.18 bits per heavy atom. The maximum Gasteiger partial charge on any atom is 0.283 e. The number of rotatable bonds is 4. The Labute approximate surface area is 165 Å². The Morgan fingerprint density at radius 3 is 2.68 bits per heavy atom. The number of carbonyl (C=O) groups is 1. The minimum atomic E-state index is -0.413. The fraction of sp³-hybridized carbons (Fsp3) is 0.100. The van der Waals surface area contributed by atoms with E-state index in [9.17, 15) is 14.9 Å². The molecular formula is C20H16N4O3S. The molecule has 1 aliphatic rings.